The fourth-order valence-electron chi connectivity index (χ4n) is 13.2. The Kier molecular flexibility index (Phi) is 8.24. The smallest absolute Gasteiger partial charge is 0.143 e. The van der Waals surface area contributed by atoms with E-state index in [1.54, 1.807) is 0 Å². The zero-order chi connectivity index (χ0) is 47.1. The highest BCUT2D eigenvalue weighted by molar-refractivity contribution is 7.99. The predicted molar refractivity (Wildman–Crippen MR) is 293 cm³/mol. The van der Waals surface area contributed by atoms with Gasteiger partial charge in [-0.25, -0.2) is 0 Å². The van der Waals surface area contributed by atoms with E-state index in [0.717, 1.165) is 72.8 Å². The Morgan fingerprint density at radius 2 is 0.764 bits per heavy atom. The first-order valence-corrected chi connectivity index (χ1v) is 25.5. The van der Waals surface area contributed by atoms with E-state index in [1.807, 2.05) is 17.8 Å². The van der Waals surface area contributed by atoms with Gasteiger partial charge in [0.25, 0.3) is 0 Å². The van der Waals surface area contributed by atoms with E-state index in [2.05, 4.69) is 248 Å². The van der Waals surface area contributed by atoms with Gasteiger partial charge in [0.1, 0.15) is 22.7 Å². The van der Waals surface area contributed by atoms with Gasteiger partial charge in [-0.3, -0.25) is 0 Å². The van der Waals surface area contributed by atoms with Crippen molar-refractivity contribution in [2.45, 2.75) is 20.6 Å². The van der Waals surface area contributed by atoms with Crippen LogP contribution in [0.25, 0.3) is 55.3 Å². The summed E-state index contributed by atoms with van der Waals surface area (Å²) in [5, 5.41) is 2.25. The number of hydrogen-bond acceptors (Lipinski definition) is 4. The Hall–Kier alpha value is -8.83. The molecule has 2 spiro atoms. The van der Waals surface area contributed by atoms with Crippen molar-refractivity contribution in [2.75, 3.05) is 4.90 Å². The highest BCUT2D eigenvalue weighted by Crippen LogP contribution is 2.65. The van der Waals surface area contributed by atoms with E-state index in [9.17, 15) is 0 Å². The molecular weight excluding hydrogens is 895 g/mol. The number of benzene rings is 11. The molecule has 16 rings (SSSR count). The molecular formula is C68H41NO2S. The summed E-state index contributed by atoms with van der Waals surface area (Å²) in [6, 6.07) is 91.6. The molecule has 11 aromatic carbocycles. The molecule has 0 bridgehead atoms. The van der Waals surface area contributed by atoms with Crippen molar-refractivity contribution in [2.24, 2.45) is 0 Å². The first kappa shape index (κ1) is 40.0. The minimum Gasteiger partial charge on any atom is -0.457 e. The molecule has 4 aliphatic rings. The van der Waals surface area contributed by atoms with Crippen molar-refractivity contribution >= 4 is 50.8 Å². The van der Waals surface area contributed by atoms with Crippen molar-refractivity contribution in [3.05, 3.63) is 293 Å². The lowest BCUT2D eigenvalue weighted by molar-refractivity contribution is 0.436. The van der Waals surface area contributed by atoms with Crippen LogP contribution in [-0.2, 0) is 10.8 Å². The van der Waals surface area contributed by atoms with Crippen molar-refractivity contribution in [3.8, 4) is 44.9 Å². The molecule has 12 aromatic rings. The molecule has 3 heterocycles. The molecule has 0 saturated heterocycles. The lowest BCUT2D eigenvalue weighted by Crippen LogP contribution is -2.32. The predicted octanol–water partition coefficient (Wildman–Crippen LogP) is 18.0. The fraction of sp³-hybridized carbons (Fsp3) is 0.0294. The number of fused-ring (bicyclic) bond motifs is 21. The normalized spacial score (nSPS) is 14.4. The number of furan rings is 1. The number of ether oxygens (including phenoxy) is 1. The summed E-state index contributed by atoms with van der Waals surface area (Å²) in [5.41, 5.74) is 21.1. The Balaban J connectivity index is 0.954. The van der Waals surface area contributed by atoms with E-state index >= 15 is 0 Å². The number of hydrogen-bond donors (Lipinski definition) is 0. The third-order valence-corrected chi connectivity index (χ3v) is 17.2. The van der Waals surface area contributed by atoms with Crippen molar-refractivity contribution in [3.63, 3.8) is 0 Å². The van der Waals surface area contributed by atoms with Gasteiger partial charge in [0.2, 0.25) is 0 Å². The van der Waals surface area contributed by atoms with Crippen molar-refractivity contribution in [1.82, 2.24) is 0 Å². The maximum Gasteiger partial charge on any atom is 0.143 e. The van der Waals surface area contributed by atoms with E-state index in [1.165, 1.54) is 65.4 Å². The second-order valence-electron chi connectivity index (χ2n) is 19.4. The molecule has 3 nitrogen and oxygen atoms in total. The standard InChI is InChI=1S/C68H41NO2S/c1-4-21-53-47(16-1)49-38-36-44(40-59(49)67(53)55-23-6-11-28-62(55)70-63-29-12-7-24-56(63)67)69(43-34-32-42(33-35-43)46-19-15-20-52-51-18-3-10-27-61(51)71-66(46)52)45-37-39-50-48-17-2-5-22-54(48)68(60(50)41-45)57-25-8-13-30-64(57)72-65-31-14-9-26-58(65)68/h1-41H. The van der Waals surface area contributed by atoms with Crippen molar-refractivity contribution in [1.29, 1.82) is 0 Å². The molecule has 1 aromatic heterocycles. The summed E-state index contributed by atoms with van der Waals surface area (Å²) in [6.45, 7) is 0. The number of nitrogens with zero attached hydrogens (tertiary/aromatic N) is 1. The van der Waals surface area contributed by atoms with Crippen LogP contribution in [-0.4, -0.2) is 0 Å². The molecule has 0 saturated carbocycles. The van der Waals surface area contributed by atoms with Gasteiger partial charge >= 0.3 is 0 Å². The monoisotopic (exact) mass is 935 g/mol. The number of anilines is 3. The fourth-order valence-corrected chi connectivity index (χ4v) is 14.4. The summed E-state index contributed by atoms with van der Waals surface area (Å²) >= 11 is 1.88. The van der Waals surface area contributed by atoms with Gasteiger partial charge in [0, 0.05) is 54.3 Å². The Labute approximate surface area is 421 Å². The molecule has 0 unspecified atom stereocenters. The Morgan fingerprint density at radius 3 is 1.38 bits per heavy atom. The van der Waals surface area contributed by atoms with Crippen LogP contribution in [0.3, 0.4) is 0 Å². The summed E-state index contributed by atoms with van der Waals surface area (Å²) < 4.78 is 13.3. The molecule has 72 heavy (non-hydrogen) atoms. The number of para-hydroxylation sites is 4. The van der Waals surface area contributed by atoms with Crippen LogP contribution >= 0.6 is 11.8 Å². The minimum atomic E-state index is -0.620. The third-order valence-electron chi connectivity index (χ3n) is 16.0. The number of rotatable bonds is 4. The van der Waals surface area contributed by atoms with E-state index in [4.69, 9.17) is 9.15 Å². The Morgan fingerprint density at radius 1 is 0.319 bits per heavy atom. The molecule has 0 amide bonds. The second-order valence-corrected chi connectivity index (χ2v) is 20.5. The first-order chi connectivity index (χ1) is 35.7. The van der Waals surface area contributed by atoms with Crippen LogP contribution in [0.4, 0.5) is 17.1 Å². The van der Waals surface area contributed by atoms with Gasteiger partial charge in [-0.1, -0.05) is 194 Å². The van der Waals surface area contributed by atoms with Gasteiger partial charge < -0.3 is 14.1 Å². The van der Waals surface area contributed by atoms with Gasteiger partial charge in [0.15, 0.2) is 0 Å². The summed E-state index contributed by atoms with van der Waals surface area (Å²) in [5.74, 6) is 1.76. The van der Waals surface area contributed by atoms with Crippen LogP contribution in [0.1, 0.15) is 44.5 Å². The molecule has 4 heteroatoms. The lowest BCUT2D eigenvalue weighted by atomic mass is 9.66. The quantitative estimate of drug-likeness (QED) is 0.176. The van der Waals surface area contributed by atoms with Crippen LogP contribution in [0.15, 0.2) is 263 Å². The lowest BCUT2D eigenvalue weighted by Gasteiger charge is -2.40. The maximum absolute atomic E-state index is 6.76. The summed E-state index contributed by atoms with van der Waals surface area (Å²) in [6.07, 6.45) is 0. The topological polar surface area (TPSA) is 25.6 Å². The minimum absolute atomic E-state index is 0.527. The van der Waals surface area contributed by atoms with Gasteiger partial charge in [-0.15, -0.1) is 0 Å². The zero-order valence-electron chi connectivity index (χ0n) is 38.8. The molecule has 0 N–H and O–H groups in total. The van der Waals surface area contributed by atoms with Crippen LogP contribution in [0, 0.1) is 0 Å². The van der Waals surface area contributed by atoms with E-state index < -0.39 is 10.8 Å². The van der Waals surface area contributed by atoms with Gasteiger partial charge in [-0.05, 0) is 128 Å². The zero-order valence-corrected chi connectivity index (χ0v) is 39.7. The second kappa shape index (κ2) is 14.8. The molecule has 0 radical (unpaired) electrons. The van der Waals surface area contributed by atoms with Crippen LogP contribution < -0.4 is 9.64 Å². The van der Waals surface area contributed by atoms with Crippen LogP contribution in [0.2, 0.25) is 0 Å². The molecule has 2 aliphatic carbocycles. The highest BCUT2D eigenvalue weighted by Gasteiger charge is 2.52. The average Bonchev–Trinajstić information content (AvgIpc) is 4.07. The maximum atomic E-state index is 6.76. The SMILES string of the molecule is c1ccc2c(c1)Oc1ccccc1C21c2ccccc2-c2ccc(N(c3ccc(-c4cccc5c4oc4ccccc45)cc3)c3ccc4c(c3)C3(c5ccccc5Sc5ccccc53)c3ccccc3-4)cc21. The highest BCUT2D eigenvalue weighted by atomic mass is 32.2. The van der Waals surface area contributed by atoms with Crippen LogP contribution in [0.5, 0.6) is 11.5 Å². The summed E-state index contributed by atoms with van der Waals surface area (Å²) in [4.78, 5) is 5.06. The van der Waals surface area contributed by atoms with E-state index in [-0.39, 0.29) is 0 Å². The molecule has 336 valence electrons. The first-order valence-electron chi connectivity index (χ1n) is 24.7. The Bertz CT molecular complexity index is 3970. The summed E-state index contributed by atoms with van der Waals surface area (Å²) in [7, 11) is 0. The molecule has 0 atom stereocenters. The van der Waals surface area contributed by atoms with Gasteiger partial charge in [0.05, 0.1) is 10.8 Å². The average molecular weight is 936 g/mol. The molecule has 0 fully saturated rings. The molecule has 2 aliphatic heterocycles. The largest absolute Gasteiger partial charge is 0.457 e. The van der Waals surface area contributed by atoms with Gasteiger partial charge in [-0.2, -0.15) is 0 Å². The third kappa shape index (κ3) is 5.21. The van der Waals surface area contributed by atoms with E-state index in [0.29, 0.717) is 0 Å². The van der Waals surface area contributed by atoms with Crippen molar-refractivity contribution < 1.29 is 9.15 Å².